The second-order valence-electron chi connectivity index (χ2n) is 3.78. The first-order valence-corrected chi connectivity index (χ1v) is 7.59. The number of aryl methyl sites for hydroxylation is 1. The molecule has 5 nitrogen and oxygen atoms in total. The van der Waals surface area contributed by atoms with Gasteiger partial charge in [-0.15, -0.1) is 11.3 Å². The summed E-state index contributed by atoms with van der Waals surface area (Å²) in [6, 6.07) is 5.12. The Morgan fingerprint density at radius 3 is 2.94 bits per heavy atom. The van der Waals surface area contributed by atoms with Crippen LogP contribution in [-0.2, 0) is 16.6 Å². The van der Waals surface area contributed by atoms with E-state index in [4.69, 9.17) is 0 Å². The average molecular weight is 269 g/mol. The molecule has 17 heavy (non-hydrogen) atoms. The molecule has 7 heteroatoms. The molecule has 3 rings (SSSR count). The quantitative estimate of drug-likeness (QED) is 0.831. The SMILES string of the molecule is O=S(=O)(c1cccs1)N1CCCn2nccc21. The molecule has 0 bridgehead atoms. The van der Waals surface area contributed by atoms with Crippen LogP contribution in [0.5, 0.6) is 0 Å². The largest absolute Gasteiger partial charge is 0.274 e. The average Bonchev–Trinajstić information content (AvgIpc) is 2.99. The Balaban J connectivity index is 2.08. The summed E-state index contributed by atoms with van der Waals surface area (Å²) in [5.41, 5.74) is 0. The summed E-state index contributed by atoms with van der Waals surface area (Å²) in [5, 5.41) is 5.89. The van der Waals surface area contributed by atoms with E-state index < -0.39 is 10.0 Å². The molecule has 0 aliphatic carbocycles. The van der Waals surface area contributed by atoms with E-state index in [-0.39, 0.29) is 0 Å². The van der Waals surface area contributed by atoms with Gasteiger partial charge >= 0.3 is 0 Å². The summed E-state index contributed by atoms with van der Waals surface area (Å²) in [4.78, 5) is 0. The molecule has 0 aromatic carbocycles. The number of thiophene rings is 1. The van der Waals surface area contributed by atoms with E-state index in [9.17, 15) is 8.42 Å². The fourth-order valence-corrected chi connectivity index (χ4v) is 4.56. The molecular formula is C10H11N3O2S2. The molecule has 0 saturated carbocycles. The van der Waals surface area contributed by atoms with Gasteiger partial charge in [0.15, 0.2) is 0 Å². The topological polar surface area (TPSA) is 55.2 Å². The molecule has 1 aliphatic heterocycles. The van der Waals surface area contributed by atoms with Crippen molar-refractivity contribution < 1.29 is 8.42 Å². The molecule has 0 unspecified atom stereocenters. The first-order valence-electron chi connectivity index (χ1n) is 5.28. The van der Waals surface area contributed by atoms with E-state index in [1.54, 1.807) is 34.5 Å². The highest BCUT2D eigenvalue weighted by molar-refractivity contribution is 7.94. The Labute approximate surface area is 103 Å². The van der Waals surface area contributed by atoms with Crippen LogP contribution in [0, 0.1) is 0 Å². The number of hydrogen-bond donors (Lipinski definition) is 0. The molecule has 3 heterocycles. The number of hydrogen-bond acceptors (Lipinski definition) is 4. The Kier molecular flexibility index (Phi) is 2.44. The smallest absolute Gasteiger partial charge is 0.249 e. The van der Waals surface area contributed by atoms with Crippen molar-refractivity contribution >= 4 is 27.2 Å². The van der Waals surface area contributed by atoms with E-state index >= 15 is 0 Å². The van der Waals surface area contributed by atoms with Gasteiger partial charge in [-0.1, -0.05) is 6.07 Å². The van der Waals surface area contributed by atoms with Crippen molar-refractivity contribution in [2.45, 2.75) is 17.2 Å². The monoisotopic (exact) mass is 269 g/mol. The predicted molar refractivity (Wildman–Crippen MR) is 65.7 cm³/mol. The minimum Gasteiger partial charge on any atom is -0.249 e. The summed E-state index contributed by atoms with van der Waals surface area (Å²) < 4.78 is 28.4. The minimum absolute atomic E-state index is 0.382. The van der Waals surface area contributed by atoms with Crippen molar-refractivity contribution in [3.63, 3.8) is 0 Å². The minimum atomic E-state index is -3.41. The number of nitrogens with zero attached hydrogens (tertiary/aromatic N) is 3. The third-order valence-electron chi connectivity index (χ3n) is 2.72. The highest BCUT2D eigenvalue weighted by Crippen LogP contribution is 2.28. The van der Waals surface area contributed by atoms with Gasteiger partial charge in [0.2, 0.25) is 0 Å². The summed E-state index contributed by atoms with van der Waals surface area (Å²) in [6.07, 6.45) is 2.43. The van der Waals surface area contributed by atoms with Crippen LogP contribution in [0.4, 0.5) is 5.82 Å². The van der Waals surface area contributed by atoms with Gasteiger partial charge < -0.3 is 0 Å². The molecule has 0 radical (unpaired) electrons. The van der Waals surface area contributed by atoms with Crippen LogP contribution in [-0.4, -0.2) is 24.7 Å². The number of rotatable bonds is 2. The zero-order valence-corrected chi connectivity index (χ0v) is 10.6. The lowest BCUT2D eigenvalue weighted by molar-refractivity contribution is 0.533. The maximum atomic E-state index is 12.4. The number of anilines is 1. The van der Waals surface area contributed by atoms with Crippen LogP contribution < -0.4 is 4.31 Å². The van der Waals surface area contributed by atoms with Gasteiger partial charge in [0.05, 0.1) is 6.20 Å². The molecule has 0 N–H and O–H groups in total. The van der Waals surface area contributed by atoms with Crippen LogP contribution >= 0.6 is 11.3 Å². The van der Waals surface area contributed by atoms with Crippen LogP contribution in [0.15, 0.2) is 34.0 Å². The molecule has 90 valence electrons. The predicted octanol–water partition coefficient (Wildman–Crippen LogP) is 1.54. The van der Waals surface area contributed by atoms with Crippen molar-refractivity contribution in [1.29, 1.82) is 0 Å². The number of fused-ring (bicyclic) bond motifs is 1. The summed E-state index contributed by atoms with van der Waals surface area (Å²) in [5.74, 6) is 0.657. The second kappa shape index (κ2) is 3.85. The third kappa shape index (κ3) is 1.66. The zero-order valence-electron chi connectivity index (χ0n) is 8.98. The zero-order chi connectivity index (χ0) is 11.9. The van der Waals surface area contributed by atoms with Gasteiger partial charge in [0, 0.05) is 19.2 Å². The molecule has 2 aromatic heterocycles. The fraction of sp³-hybridized carbons (Fsp3) is 0.300. The van der Waals surface area contributed by atoms with Gasteiger partial charge in [-0.2, -0.15) is 5.10 Å². The Bertz CT molecular complexity index is 616. The Hall–Kier alpha value is -1.34. The van der Waals surface area contributed by atoms with E-state index in [1.807, 2.05) is 0 Å². The van der Waals surface area contributed by atoms with Gasteiger partial charge in [-0.3, -0.25) is 0 Å². The highest BCUT2D eigenvalue weighted by atomic mass is 32.2. The number of aromatic nitrogens is 2. The lowest BCUT2D eigenvalue weighted by atomic mass is 10.3. The lowest BCUT2D eigenvalue weighted by Crippen LogP contribution is -2.37. The molecule has 2 aromatic rings. The van der Waals surface area contributed by atoms with Crippen LogP contribution in [0.1, 0.15) is 6.42 Å². The fourth-order valence-electron chi connectivity index (χ4n) is 1.95. The first-order chi connectivity index (χ1) is 8.19. The van der Waals surface area contributed by atoms with Crippen molar-refractivity contribution in [1.82, 2.24) is 9.78 Å². The number of sulfonamides is 1. The van der Waals surface area contributed by atoms with Crippen molar-refractivity contribution in [2.75, 3.05) is 10.8 Å². The van der Waals surface area contributed by atoms with E-state index in [0.717, 1.165) is 13.0 Å². The molecule has 0 amide bonds. The second-order valence-corrected chi connectivity index (χ2v) is 6.81. The molecular weight excluding hydrogens is 258 g/mol. The van der Waals surface area contributed by atoms with Gasteiger partial charge in [-0.05, 0) is 17.9 Å². The molecule has 0 atom stereocenters. The van der Waals surface area contributed by atoms with Crippen LogP contribution in [0.3, 0.4) is 0 Å². The van der Waals surface area contributed by atoms with E-state index in [2.05, 4.69) is 5.10 Å². The maximum absolute atomic E-state index is 12.4. The van der Waals surface area contributed by atoms with Gasteiger partial charge in [-0.25, -0.2) is 17.4 Å². The Morgan fingerprint density at radius 2 is 2.18 bits per heavy atom. The van der Waals surface area contributed by atoms with Crippen molar-refractivity contribution in [3.05, 3.63) is 29.8 Å². The lowest BCUT2D eigenvalue weighted by Gasteiger charge is -2.27. The molecule has 0 fully saturated rings. The first kappa shape index (κ1) is 10.8. The summed E-state index contributed by atoms with van der Waals surface area (Å²) in [7, 11) is -3.41. The molecule has 0 spiro atoms. The maximum Gasteiger partial charge on any atom is 0.274 e. The third-order valence-corrected chi connectivity index (χ3v) is 5.90. The summed E-state index contributed by atoms with van der Waals surface area (Å²) in [6.45, 7) is 1.30. The van der Waals surface area contributed by atoms with Crippen molar-refractivity contribution in [3.8, 4) is 0 Å². The highest BCUT2D eigenvalue weighted by Gasteiger charge is 2.30. The van der Waals surface area contributed by atoms with Gasteiger partial charge in [0.25, 0.3) is 10.0 Å². The molecule has 0 saturated heterocycles. The van der Waals surface area contributed by atoms with Crippen molar-refractivity contribution in [2.24, 2.45) is 0 Å². The molecule has 1 aliphatic rings. The van der Waals surface area contributed by atoms with Gasteiger partial charge in [0.1, 0.15) is 10.0 Å². The standard InChI is InChI=1S/C10H11N3O2S2/c14-17(15,10-3-1-8-16-10)13-7-2-6-12-9(13)4-5-11-12/h1,3-5,8H,2,6-7H2. The Morgan fingerprint density at radius 1 is 1.29 bits per heavy atom. The van der Waals surface area contributed by atoms with E-state index in [0.29, 0.717) is 16.6 Å². The van der Waals surface area contributed by atoms with Crippen LogP contribution in [0.25, 0.3) is 0 Å². The normalized spacial score (nSPS) is 15.9. The van der Waals surface area contributed by atoms with E-state index in [1.165, 1.54) is 15.6 Å². The summed E-state index contributed by atoms with van der Waals surface area (Å²) >= 11 is 1.24. The van der Waals surface area contributed by atoms with Crippen LogP contribution in [0.2, 0.25) is 0 Å².